The molecule has 0 saturated heterocycles. The molecule has 0 radical (unpaired) electrons. The van der Waals surface area contributed by atoms with Crippen molar-refractivity contribution in [1.82, 2.24) is 9.55 Å². The fourth-order valence-electron chi connectivity index (χ4n) is 1.31. The Hall–Kier alpha value is -1.80. The number of anilines is 1. The Morgan fingerprint density at radius 2 is 2.33 bits per heavy atom. The number of aromatic nitrogens is 2. The van der Waals surface area contributed by atoms with Gasteiger partial charge in [-0.25, -0.2) is 4.98 Å². The molecule has 0 aliphatic heterocycles. The molecular weight excluding hydrogens is 256 g/mol. The summed E-state index contributed by atoms with van der Waals surface area (Å²) < 4.78 is 2.47. The maximum absolute atomic E-state index is 8.87. The molecule has 2 rings (SSSR count). The molecule has 4 nitrogen and oxygen atoms in total. The van der Waals surface area contributed by atoms with Crippen LogP contribution in [0.1, 0.15) is 5.69 Å². The molecule has 0 atom stereocenters. The van der Waals surface area contributed by atoms with Gasteiger partial charge in [-0.3, -0.25) is 4.57 Å². The Balaban J connectivity index is 2.60. The van der Waals surface area contributed by atoms with Gasteiger partial charge in [0.05, 0.1) is 5.69 Å². The molecule has 0 amide bonds. The van der Waals surface area contributed by atoms with Crippen molar-refractivity contribution in [2.45, 2.75) is 0 Å². The zero-order valence-corrected chi connectivity index (χ0v) is 9.27. The quantitative estimate of drug-likeness (QED) is 0.856. The molecule has 0 bridgehead atoms. The first-order valence-electron chi connectivity index (χ1n) is 4.21. The zero-order chi connectivity index (χ0) is 10.8. The molecule has 15 heavy (non-hydrogen) atoms. The van der Waals surface area contributed by atoms with Crippen molar-refractivity contribution in [3.8, 4) is 11.9 Å². The monoisotopic (exact) mass is 262 g/mol. The van der Waals surface area contributed by atoms with Crippen molar-refractivity contribution >= 4 is 21.6 Å². The minimum Gasteiger partial charge on any atom is -0.396 e. The number of nitrogen functional groups attached to an aromatic ring is 1. The number of nitrogens with zero attached hydrogens (tertiary/aromatic N) is 3. The second kappa shape index (κ2) is 3.75. The van der Waals surface area contributed by atoms with Crippen molar-refractivity contribution in [1.29, 1.82) is 5.26 Å². The van der Waals surface area contributed by atoms with Crippen molar-refractivity contribution in [2.75, 3.05) is 5.73 Å². The Bertz CT molecular complexity index is 539. The standard InChI is InChI=1S/C10H7BrN4/c11-7-4-9(13)10(14-6-7)15-3-1-2-8(15)5-12/h1-4,6H,13H2. The molecule has 0 unspecified atom stereocenters. The SMILES string of the molecule is N#Cc1cccn1-c1ncc(Br)cc1N. The van der Waals surface area contributed by atoms with E-state index in [9.17, 15) is 0 Å². The highest BCUT2D eigenvalue weighted by Gasteiger charge is 2.07. The number of rotatable bonds is 1. The predicted molar refractivity (Wildman–Crippen MR) is 60.4 cm³/mol. The van der Waals surface area contributed by atoms with Crippen molar-refractivity contribution in [3.05, 3.63) is 40.8 Å². The largest absolute Gasteiger partial charge is 0.396 e. The molecule has 2 heterocycles. The van der Waals surface area contributed by atoms with Crippen molar-refractivity contribution < 1.29 is 0 Å². The number of pyridine rings is 1. The van der Waals surface area contributed by atoms with Gasteiger partial charge in [-0.15, -0.1) is 0 Å². The van der Waals surface area contributed by atoms with Crippen LogP contribution in [0.2, 0.25) is 0 Å². The molecule has 0 fully saturated rings. The first-order valence-corrected chi connectivity index (χ1v) is 5.00. The Morgan fingerprint density at radius 1 is 1.53 bits per heavy atom. The average molecular weight is 263 g/mol. The number of halogens is 1. The van der Waals surface area contributed by atoms with Crippen LogP contribution in [0, 0.1) is 11.3 Å². The van der Waals surface area contributed by atoms with Gasteiger partial charge in [-0.05, 0) is 34.1 Å². The van der Waals surface area contributed by atoms with E-state index in [4.69, 9.17) is 11.0 Å². The zero-order valence-electron chi connectivity index (χ0n) is 7.68. The van der Waals surface area contributed by atoms with Gasteiger partial charge in [-0.1, -0.05) is 0 Å². The highest BCUT2D eigenvalue weighted by Crippen LogP contribution is 2.20. The number of hydrogen-bond donors (Lipinski definition) is 1. The lowest BCUT2D eigenvalue weighted by Gasteiger charge is -2.06. The molecule has 0 saturated carbocycles. The lowest BCUT2D eigenvalue weighted by molar-refractivity contribution is 0.990. The van der Waals surface area contributed by atoms with Gasteiger partial charge in [-0.2, -0.15) is 5.26 Å². The van der Waals surface area contributed by atoms with Crippen LogP contribution in [0.3, 0.4) is 0 Å². The van der Waals surface area contributed by atoms with E-state index in [0.29, 0.717) is 17.2 Å². The molecule has 2 aromatic rings. The van der Waals surface area contributed by atoms with E-state index in [2.05, 4.69) is 27.0 Å². The van der Waals surface area contributed by atoms with Crippen LogP contribution in [0.15, 0.2) is 35.1 Å². The summed E-state index contributed by atoms with van der Waals surface area (Å²) in [6, 6.07) is 7.32. The summed E-state index contributed by atoms with van der Waals surface area (Å²) in [7, 11) is 0. The van der Waals surface area contributed by atoms with E-state index < -0.39 is 0 Å². The van der Waals surface area contributed by atoms with E-state index >= 15 is 0 Å². The van der Waals surface area contributed by atoms with E-state index in [1.54, 1.807) is 35.2 Å². The van der Waals surface area contributed by atoms with Crippen LogP contribution in [-0.4, -0.2) is 9.55 Å². The first-order chi connectivity index (χ1) is 7.22. The van der Waals surface area contributed by atoms with Gasteiger partial charge in [0.15, 0.2) is 5.82 Å². The summed E-state index contributed by atoms with van der Waals surface area (Å²) in [6.45, 7) is 0. The molecule has 0 aliphatic rings. The average Bonchev–Trinajstić information content (AvgIpc) is 2.65. The van der Waals surface area contributed by atoms with Gasteiger partial charge in [0.25, 0.3) is 0 Å². The summed E-state index contributed by atoms with van der Waals surface area (Å²) in [5, 5.41) is 8.87. The smallest absolute Gasteiger partial charge is 0.161 e. The molecule has 74 valence electrons. The van der Waals surface area contributed by atoms with Gasteiger partial charge < -0.3 is 5.73 Å². The van der Waals surface area contributed by atoms with Crippen LogP contribution in [0.25, 0.3) is 5.82 Å². The molecule has 2 aromatic heterocycles. The molecule has 0 aliphatic carbocycles. The van der Waals surface area contributed by atoms with Gasteiger partial charge in [0.2, 0.25) is 0 Å². The number of nitrogens with two attached hydrogens (primary N) is 1. The van der Waals surface area contributed by atoms with Gasteiger partial charge in [0, 0.05) is 16.9 Å². The third-order valence-electron chi connectivity index (χ3n) is 1.95. The third-order valence-corrected chi connectivity index (χ3v) is 2.39. The molecule has 0 spiro atoms. The number of nitriles is 1. The van der Waals surface area contributed by atoms with Crippen LogP contribution < -0.4 is 5.73 Å². The normalized spacial score (nSPS) is 9.87. The fraction of sp³-hybridized carbons (Fsp3) is 0. The van der Waals surface area contributed by atoms with E-state index in [1.165, 1.54) is 0 Å². The summed E-state index contributed by atoms with van der Waals surface area (Å²) in [5.41, 5.74) is 6.85. The summed E-state index contributed by atoms with van der Waals surface area (Å²) in [6.07, 6.45) is 3.40. The minimum absolute atomic E-state index is 0.511. The van der Waals surface area contributed by atoms with Crippen molar-refractivity contribution in [3.63, 3.8) is 0 Å². The maximum atomic E-state index is 8.87. The summed E-state index contributed by atoms with van der Waals surface area (Å²) >= 11 is 3.28. The van der Waals surface area contributed by atoms with E-state index in [0.717, 1.165) is 4.47 Å². The van der Waals surface area contributed by atoms with Crippen LogP contribution in [0.4, 0.5) is 5.69 Å². The van der Waals surface area contributed by atoms with E-state index in [1.807, 2.05) is 0 Å². The Labute approximate surface area is 95.1 Å². The highest BCUT2D eigenvalue weighted by atomic mass is 79.9. The van der Waals surface area contributed by atoms with Crippen LogP contribution in [0.5, 0.6) is 0 Å². The maximum Gasteiger partial charge on any atom is 0.161 e. The van der Waals surface area contributed by atoms with Gasteiger partial charge in [0.1, 0.15) is 11.8 Å². The van der Waals surface area contributed by atoms with Crippen LogP contribution in [-0.2, 0) is 0 Å². The fourth-order valence-corrected chi connectivity index (χ4v) is 1.65. The summed E-state index contributed by atoms with van der Waals surface area (Å²) in [5.74, 6) is 0.569. The lowest BCUT2D eigenvalue weighted by atomic mass is 10.4. The topological polar surface area (TPSA) is 67.6 Å². The lowest BCUT2D eigenvalue weighted by Crippen LogP contribution is -2.03. The van der Waals surface area contributed by atoms with E-state index in [-0.39, 0.29) is 0 Å². The molecular formula is C10H7BrN4. The van der Waals surface area contributed by atoms with Crippen LogP contribution >= 0.6 is 15.9 Å². The van der Waals surface area contributed by atoms with Gasteiger partial charge >= 0.3 is 0 Å². The predicted octanol–water partition coefficient (Wildman–Crippen LogP) is 2.09. The molecule has 0 aromatic carbocycles. The molecule has 5 heteroatoms. The van der Waals surface area contributed by atoms with Crippen molar-refractivity contribution in [2.24, 2.45) is 0 Å². The number of hydrogen-bond acceptors (Lipinski definition) is 3. The Kier molecular flexibility index (Phi) is 2.44. The second-order valence-corrected chi connectivity index (χ2v) is 3.86. The minimum atomic E-state index is 0.511. The Morgan fingerprint density at radius 3 is 3.00 bits per heavy atom. The molecule has 2 N–H and O–H groups in total. The highest BCUT2D eigenvalue weighted by molar-refractivity contribution is 9.10. The third kappa shape index (κ3) is 1.72. The second-order valence-electron chi connectivity index (χ2n) is 2.94. The summed E-state index contributed by atoms with van der Waals surface area (Å²) in [4.78, 5) is 4.17. The first kappa shape index (κ1) is 9.74.